The summed E-state index contributed by atoms with van der Waals surface area (Å²) in [6.45, 7) is 7.40. The number of likely N-dealkylation sites (tertiary alicyclic amines) is 1. The van der Waals surface area contributed by atoms with E-state index in [9.17, 15) is 0 Å². The van der Waals surface area contributed by atoms with Crippen LogP contribution in [0.2, 0.25) is 0 Å². The van der Waals surface area contributed by atoms with Crippen molar-refractivity contribution < 1.29 is 14.0 Å². The van der Waals surface area contributed by atoms with E-state index in [1.807, 2.05) is 36.4 Å². The number of nitrogens with zero attached hydrogens (tertiary/aromatic N) is 3. The molecule has 1 aliphatic rings. The minimum absolute atomic E-state index is 0.490. The van der Waals surface area contributed by atoms with E-state index < -0.39 is 0 Å². The molecule has 1 atom stereocenters. The molecule has 0 radical (unpaired) electrons. The molecule has 1 aromatic carbocycles. The Morgan fingerprint density at radius 1 is 1.32 bits per heavy atom. The van der Waals surface area contributed by atoms with Gasteiger partial charge in [0.05, 0.1) is 26.4 Å². The number of rotatable bonds is 9. The van der Waals surface area contributed by atoms with Gasteiger partial charge in [-0.25, -0.2) is 4.99 Å². The Kier molecular flexibility index (Phi) is 7.87. The number of ether oxygens (including phenoxy) is 2. The van der Waals surface area contributed by atoms with E-state index in [4.69, 9.17) is 19.0 Å². The Bertz CT molecular complexity index is 732. The summed E-state index contributed by atoms with van der Waals surface area (Å²) in [7, 11) is 1.69. The van der Waals surface area contributed by atoms with Crippen molar-refractivity contribution in [3.05, 3.63) is 42.1 Å². The maximum absolute atomic E-state index is 5.69. The molecule has 0 bridgehead atoms. The highest BCUT2D eigenvalue weighted by Gasteiger charge is 2.25. The zero-order chi connectivity index (χ0) is 19.6. The summed E-state index contributed by atoms with van der Waals surface area (Å²) in [4.78, 5) is 7.06. The fourth-order valence-electron chi connectivity index (χ4n) is 3.26. The normalized spacial score (nSPS) is 17.3. The van der Waals surface area contributed by atoms with Crippen molar-refractivity contribution in [2.24, 2.45) is 10.9 Å². The van der Waals surface area contributed by atoms with Crippen LogP contribution in [-0.2, 0) is 16.0 Å². The first-order valence-electron chi connectivity index (χ1n) is 9.91. The van der Waals surface area contributed by atoms with Gasteiger partial charge in [0.15, 0.2) is 11.7 Å². The van der Waals surface area contributed by atoms with E-state index in [0.717, 1.165) is 55.6 Å². The number of benzene rings is 1. The summed E-state index contributed by atoms with van der Waals surface area (Å²) < 4.78 is 16.2. The zero-order valence-electron chi connectivity index (χ0n) is 16.8. The quantitative estimate of drug-likeness (QED) is 0.406. The predicted molar refractivity (Wildman–Crippen MR) is 109 cm³/mol. The second-order valence-corrected chi connectivity index (χ2v) is 6.89. The smallest absolute Gasteiger partial charge is 0.194 e. The molecule has 2 aromatic rings. The molecule has 0 saturated carbocycles. The standard InChI is InChI=1S/C21H30N4O3/c1-3-22-21(25-10-9-17(15-25)16-27-12-11-26-2)23-14-19-13-20(28-24-19)18-7-5-4-6-8-18/h4-8,13,17H,3,9-12,14-16H2,1-2H3,(H,22,23). The Labute approximate surface area is 166 Å². The molecule has 0 spiro atoms. The topological polar surface area (TPSA) is 72.1 Å². The Morgan fingerprint density at radius 3 is 2.96 bits per heavy atom. The lowest BCUT2D eigenvalue weighted by molar-refractivity contribution is 0.0536. The van der Waals surface area contributed by atoms with Crippen molar-refractivity contribution >= 4 is 5.96 Å². The molecule has 1 aliphatic heterocycles. The molecule has 0 aliphatic carbocycles. The number of hydrogen-bond acceptors (Lipinski definition) is 5. The maximum atomic E-state index is 5.69. The highest BCUT2D eigenvalue weighted by atomic mass is 16.5. The van der Waals surface area contributed by atoms with Crippen molar-refractivity contribution in [2.45, 2.75) is 19.9 Å². The highest BCUT2D eigenvalue weighted by Crippen LogP contribution is 2.20. The molecule has 1 N–H and O–H groups in total. The van der Waals surface area contributed by atoms with Gasteiger partial charge < -0.3 is 24.2 Å². The molecule has 7 nitrogen and oxygen atoms in total. The van der Waals surface area contributed by atoms with Crippen LogP contribution in [0.4, 0.5) is 0 Å². The van der Waals surface area contributed by atoms with E-state index in [2.05, 4.69) is 22.3 Å². The fraction of sp³-hybridized carbons (Fsp3) is 0.524. The van der Waals surface area contributed by atoms with Gasteiger partial charge in [-0.2, -0.15) is 0 Å². The van der Waals surface area contributed by atoms with Crippen LogP contribution in [0.15, 0.2) is 45.9 Å². The number of hydrogen-bond donors (Lipinski definition) is 1. The summed E-state index contributed by atoms with van der Waals surface area (Å²) in [5.74, 6) is 2.22. The third-order valence-corrected chi connectivity index (χ3v) is 4.71. The van der Waals surface area contributed by atoms with Gasteiger partial charge in [0.2, 0.25) is 0 Å². The lowest BCUT2D eigenvalue weighted by Crippen LogP contribution is -2.40. The molecule has 0 amide bonds. The van der Waals surface area contributed by atoms with Crippen LogP contribution in [0.25, 0.3) is 11.3 Å². The molecule has 2 heterocycles. The van der Waals surface area contributed by atoms with Crippen LogP contribution in [0.5, 0.6) is 0 Å². The second kappa shape index (κ2) is 10.8. The van der Waals surface area contributed by atoms with E-state index in [-0.39, 0.29) is 0 Å². The minimum Gasteiger partial charge on any atom is -0.382 e. The van der Waals surface area contributed by atoms with Gasteiger partial charge in [-0.15, -0.1) is 0 Å². The summed E-state index contributed by atoms with van der Waals surface area (Å²) in [5, 5.41) is 7.55. The second-order valence-electron chi connectivity index (χ2n) is 6.89. The van der Waals surface area contributed by atoms with Crippen LogP contribution >= 0.6 is 0 Å². The molecule has 1 fully saturated rings. The van der Waals surface area contributed by atoms with Gasteiger partial charge in [-0.1, -0.05) is 35.5 Å². The van der Waals surface area contributed by atoms with E-state index >= 15 is 0 Å². The molecular weight excluding hydrogens is 356 g/mol. The van der Waals surface area contributed by atoms with Gasteiger partial charge in [-0.3, -0.25) is 0 Å². The third-order valence-electron chi connectivity index (χ3n) is 4.71. The molecule has 1 saturated heterocycles. The SMILES string of the molecule is CCNC(=NCc1cc(-c2ccccc2)on1)N1CCC(COCCOC)C1. The number of guanidine groups is 1. The lowest BCUT2D eigenvalue weighted by atomic mass is 10.1. The molecule has 1 aromatic heterocycles. The summed E-state index contributed by atoms with van der Waals surface area (Å²) in [5.41, 5.74) is 1.85. The third kappa shape index (κ3) is 5.81. The Balaban J connectivity index is 1.55. The molecule has 1 unspecified atom stereocenters. The molecular formula is C21H30N4O3. The molecule has 3 rings (SSSR count). The predicted octanol–water partition coefficient (Wildman–Crippen LogP) is 2.79. The summed E-state index contributed by atoms with van der Waals surface area (Å²) in [6, 6.07) is 11.9. The van der Waals surface area contributed by atoms with Crippen LogP contribution in [0.1, 0.15) is 19.0 Å². The number of methoxy groups -OCH3 is 1. The largest absolute Gasteiger partial charge is 0.382 e. The van der Waals surface area contributed by atoms with E-state index in [0.29, 0.717) is 25.7 Å². The maximum Gasteiger partial charge on any atom is 0.194 e. The van der Waals surface area contributed by atoms with Gasteiger partial charge in [0, 0.05) is 44.3 Å². The Morgan fingerprint density at radius 2 is 2.18 bits per heavy atom. The number of aliphatic imine (C=N–C) groups is 1. The van der Waals surface area contributed by atoms with Crippen molar-refractivity contribution in [2.75, 3.05) is 46.6 Å². The van der Waals surface area contributed by atoms with Crippen LogP contribution < -0.4 is 5.32 Å². The van der Waals surface area contributed by atoms with Gasteiger partial charge in [-0.05, 0) is 13.3 Å². The summed E-state index contributed by atoms with van der Waals surface area (Å²) >= 11 is 0. The van der Waals surface area contributed by atoms with Crippen molar-refractivity contribution in [3.63, 3.8) is 0 Å². The van der Waals surface area contributed by atoms with E-state index in [1.54, 1.807) is 7.11 Å². The highest BCUT2D eigenvalue weighted by molar-refractivity contribution is 5.80. The van der Waals surface area contributed by atoms with Crippen molar-refractivity contribution in [1.82, 2.24) is 15.4 Å². The van der Waals surface area contributed by atoms with Crippen molar-refractivity contribution in [1.29, 1.82) is 0 Å². The van der Waals surface area contributed by atoms with Gasteiger partial charge >= 0.3 is 0 Å². The Hall–Kier alpha value is -2.38. The van der Waals surface area contributed by atoms with Gasteiger partial charge in [0.25, 0.3) is 0 Å². The average molecular weight is 386 g/mol. The summed E-state index contributed by atoms with van der Waals surface area (Å²) in [6.07, 6.45) is 1.11. The first-order chi connectivity index (χ1) is 13.8. The molecule has 152 valence electrons. The zero-order valence-corrected chi connectivity index (χ0v) is 16.8. The van der Waals surface area contributed by atoms with Crippen LogP contribution in [-0.4, -0.2) is 62.6 Å². The van der Waals surface area contributed by atoms with E-state index in [1.165, 1.54) is 0 Å². The van der Waals surface area contributed by atoms with Gasteiger partial charge in [0.1, 0.15) is 5.69 Å². The molecule has 28 heavy (non-hydrogen) atoms. The monoisotopic (exact) mass is 386 g/mol. The fourth-order valence-corrected chi connectivity index (χ4v) is 3.26. The number of nitrogens with one attached hydrogen (secondary N) is 1. The average Bonchev–Trinajstić information content (AvgIpc) is 3.39. The first kappa shape index (κ1) is 20.4. The minimum atomic E-state index is 0.490. The lowest BCUT2D eigenvalue weighted by Gasteiger charge is -2.21. The molecule has 7 heteroatoms. The number of aromatic nitrogens is 1. The van der Waals surface area contributed by atoms with Crippen LogP contribution in [0.3, 0.4) is 0 Å². The van der Waals surface area contributed by atoms with Crippen molar-refractivity contribution in [3.8, 4) is 11.3 Å². The van der Waals surface area contributed by atoms with Crippen LogP contribution in [0, 0.1) is 5.92 Å². The first-order valence-corrected chi connectivity index (χ1v) is 9.91.